The van der Waals surface area contributed by atoms with Gasteiger partial charge in [0.15, 0.2) is 11.5 Å². The number of aromatic hydroxyl groups is 1. The van der Waals surface area contributed by atoms with Crippen LogP contribution in [-0.4, -0.2) is 79.4 Å². The molecule has 2 fully saturated rings. The Balaban J connectivity index is 1.40. The fourth-order valence-electron chi connectivity index (χ4n) is 5.14. The number of pyridine rings is 1. The molecular weight excluding hydrogens is 436 g/mol. The largest absolute Gasteiger partial charge is 0.503 e. The molecule has 0 bridgehead atoms. The average Bonchev–Trinajstić information content (AvgIpc) is 2.85. The molecule has 5 rings (SSSR count). The molecule has 0 saturated carbocycles. The van der Waals surface area contributed by atoms with Crippen molar-refractivity contribution in [2.75, 3.05) is 58.3 Å². The second kappa shape index (κ2) is 9.37. The van der Waals surface area contributed by atoms with E-state index >= 15 is 0 Å². The lowest BCUT2D eigenvalue weighted by Gasteiger charge is -2.42. The molecule has 2 aliphatic rings. The number of piperazine rings is 1. The molecule has 0 atom stereocenters. The number of hydrogen-bond donors (Lipinski definition) is 1. The van der Waals surface area contributed by atoms with Gasteiger partial charge in [-0.3, -0.25) is 9.88 Å². The van der Waals surface area contributed by atoms with Crippen LogP contribution in [0.4, 0.5) is 5.69 Å². The normalized spacial score (nSPS) is 18.7. The SMILES string of the molecule is COc1cc(-c2ccc3nccc(N4CCC(N5CCN(C)CC5)CC4)c3c2)cc(Cl)c1O. The van der Waals surface area contributed by atoms with Gasteiger partial charge >= 0.3 is 0 Å². The highest BCUT2D eigenvalue weighted by molar-refractivity contribution is 6.32. The van der Waals surface area contributed by atoms with Crippen molar-refractivity contribution in [1.82, 2.24) is 14.8 Å². The summed E-state index contributed by atoms with van der Waals surface area (Å²) in [7, 11) is 3.74. The summed E-state index contributed by atoms with van der Waals surface area (Å²) < 4.78 is 5.30. The van der Waals surface area contributed by atoms with Crippen molar-refractivity contribution in [2.24, 2.45) is 0 Å². The van der Waals surface area contributed by atoms with E-state index in [9.17, 15) is 5.11 Å². The molecule has 1 N–H and O–H groups in total. The van der Waals surface area contributed by atoms with E-state index in [2.05, 4.69) is 44.9 Å². The quantitative estimate of drug-likeness (QED) is 0.611. The van der Waals surface area contributed by atoms with Crippen LogP contribution in [0.3, 0.4) is 0 Å². The summed E-state index contributed by atoms with van der Waals surface area (Å²) in [5.74, 6) is 0.337. The first-order valence-electron chi connectivity index (χ1n) is 11.7. The van der Waals surface area contributed by atoms with Crippen LogP contribution < -0.4 is 9.64 Å². The number of rotatable bonds is 4. The second-order valence-corrected chi connectivity index (χ2v) is 9.54. The molecule has 0 aliphatic carbocycles. The van der Waals surface area contributed by atoms with E-state index in [1.165, 1.54) is 51.8 Å². The lowest BCUT2D eigenvalue weighted by Crippen LogP contribution is -2.52. The predicted octanol–water partition coefficient (Wildman–Crippen LogP) is 4.49. The minimum Gasteiger partial charge on any atom is -0.503 e. The van der Waals surface area contributed by atoms with Gasteiger partial charge in [-0.1, -0.05) is 17.7 Å². The van der Waals surface area contributed by atoms with Crippen molar-refractivity contribution >= 4 is 28.2 Å². The summed E-state index contributed by atoms with van der Waals surface area (Å²) >= 11 is 6.25. The van der Waals surface area contributed by atoms with Gasteiger partial charge in [-0.25, -0.2) is 0 Å². The molecule has 1 aromatic heterocycles. The van der Waals surface area contributed by atoms with Crippen molar-refractivity contribution < 1.29 is 9.84 Å². The van der Waals surface area contributed by atoms with Gasteiger partial charge in [0, 0.05) is 62.6 Å². The summed E-state index contributed by atoms with van der Waals surface area (Å²) in [5, 5.41) is 11.5. The van der Waals surface area contributed by atoms with Gasteiger partial charge < -0.3 is 19.6 Å². The Kier molecular flexibility index (Phi) is 6.32. The van der Waals surface area contributed by atoms with Gasteiger partial charge in [0.1, 0.15) is 0 Å². The number of phenols is 1. The van der Waals surface area contributed by atoms with Crippen LogP contribution in [-0.2, 0) is 0 Å². The first-order valence-corrected chi connectivity index (χ1v) is 12.0. The minimum absolute atomic E-state index is 0.0331. The maximum atomic E-state index is 10.1. The highest BCUT2D eigenvalue weighted by Crippen LogP contribution is 2.39. The van der Waals surface area contributed by atoms with E-state index in [4.69, 9.17) is 16.3 Å². The Hall–Kier alpha value is -2.54. The summed E-state index contributed by atoms with van der Waals surface area (Å²) in [4.78, 5) is 12.2. The number of aromatic nitrogens is 1. The average molecular weight is 467 g/mol. The van der Waals surface area contributed by atoms with E-state index in [0.717, 1.165) is 35.1 Å². The number of likely N-dealkylation sites (N-methyl/N-ethyl adjacent to an activating group) is 1. The van der Waals surface area contributed by atoms with Gasteiger partial charge in [-0.05, 0) is 61.3 Å². The van der Waals surface area contributed by atoms with Crippen LogP contribution in [0.2, 0.25) is 5.02 Å². The Labute approximate surface area is 200 Å². The standard InChI is InChI=1S/C26H31ClN4O2/c1-29-11-13-30(14-12-29)20-6-9-31(10-7-20)24-5-8-28-23-4-3-18(15-21(23)24)19-16-22(27)26(32)25(17-19)33-2/h3-5,8,15-17,20,32H,6-7,9-14H2,1-2H3. The Morgan fingerprint density at radius 2 is 1.73 bits per heavy atom. The molecule has 3 heterocycles. The fraction of sp³-hybridized carbons (Fsp3) is 0.423. The zero-order chi connectivity index (χ0) is 22.9. The summed E-state index contributed by atoms with van der Waals surface area (Å²) in [5.41, 5.74) is 4.13. The fourth-order valence-corrected chi connectivity index (χ4v) is 5.35. The van der Waals surface area contributed by atoms with Crippen LogP contribution in [0.1, 0.15) is 12.8 Å². The maximum absolute atomic E-state index is 10.1. The van der Waals surface area contributed by atoms with E-state index in [-0.39, 0.29) is 10.8 Å². The number of benzene rings is 2. The summed E-state index contributed by atoms with van der Waals surface area (Å²) in [6, 6.07) is 12.7. The molecule has 3 aromatic rings. The molecule has 0 spiro atoms. The molecule has 174 valence electrons. The van der Waals surface area contributed by atoms with E-state index < -0.39 is 0 Å². The van der Waals surface area contributed by atoms with E-state index in [0.29, 0.717) is 11.8 Å². The predicted molar refractivity (Wildman–Crippen MR) is 135 cm³/mol. The van der Waals surface area contributed by atoms with Crippen molar-refractivity contribution in [3.63, 3.8) is 0 Å². The van der Waals surface area contributed by atoms with Crippen LogP contribution in [0.15, 0.2) is 42.6 Å². The van der Waals surface area contributed by atoms with Gasteiger partial charge in [0.2, 0.25) is 0 Å². The molecule has 33 heavy (non-hydrogen) atoms. The van der Waals surface area contributed by atoms with Crippen LogP contribution >= 0.6 is 11.6 Å². The number of nitrogens with zero attached hydrogens (tertiary/aromatic N) is 4. The van der Waals surface area contributed by atoms with E-state index in [1.807, 2.05) is 18.3 Å². The first kappa shape index (κ1) is 22.3. The molecule has 7 heteroatoms. The highest BCUT2D eigenvalue weighted by atomic mass is 35.5. The number of methoxy groups -OCH3 is 1. The zero-order valence-electron chi connectivity index (χ0n) is 19.3. The number of halogens is 1. The molecule has 0 amide bonds. The van der Waals surface area contributed by atoms with Gasteiger partial charge in [-0.2, -0.15) is 0 Å². The van der Waals surface area contributed by atoms with Crippen molar-refractivity contribution in [1.29, 1.82) is 0 Å². The second-order valence-electron chi connectivity index (χ2n) is 9.13. The lowest BCUT2D eigenvalue weighted by molar-refractivity contribution is 0.0982. The summed E-state index contributed by atoms with van der Waals surface area (Å²) in [6.07, 6.45) is 4.29. The molecule has 0 radical (unpaired) electrons. The first-order chi connectivity index (χ1) is 16.0. The highest BCUT2D eigenvalue weighted by Gasteiger charge is 2.27. The van der Waals surface area contributed by atoms with Crippen molar-refractivity contribution in [3.8, 4) is 22.6 Å². The molecule has 6 nitrogen and oxygen atoms in total. The number of ether oxygens (including phenoxy) is 1. The third-order valence-electron chi connectivity index (χ3n) is 7.16. The maximum Gasteiger partial charge on any atom is 0.176 e. The van der Waals surface area contributed by atoms with E-state index in [1.54, 1.807) is 6.07 Å². The number of fused-ring (bicyclic) bond motifs is 1. The van der Waals surface area contributed by atoms with Gasteiger partial charge in [0.05, 0.1) is 17.6 Å². The lowest BCUT2D eigenvalue weighted by atomic mass is 9.99. The number of phenolic OH excluding ortho intramolecular Hbond substituents is 1. The van der Waals surface area contributed by atoms with Gasteiger partial charge in [-0.15, -0.1) is 0 Å². The topological polar surface area (TPSA) is 52.1 Å². The smallest absolute Gasteiger partial charge is 0.176 e. The molecule has 2 saturated heterocycles. The Morgan fingerprint density at radius 3 is 2.45 bits per heavy atom. The monoisotopic (exact) mass is 466 g/mol. The summed E-state index contributed by atoms with van der Waals surface area (Å²) in [6.45, 7) is 6.81. The number of hydrogen-bond acceptors (Lipinski definition) is 6. The van der Waals surface area contributed by atoms with Crippen molar-refractivity contribution in [3.05, 3.63) is 47.6 Å². The number of piperidine rings is 1. The molecule has 2 aliphatic heterocycles. The third-order valence-corrected chi connectivity index (χ3v) is 7.45. The van der Waals surface area contributed by atoms with Crippen LogP contribution in [0, 0.1) is 0 Å². The van der Waals surface area contributed by atoms with Crippen LogP contribution in [0.25, 0.3) is 22.0 Å². The van der Waals surface area contributed by atoms with Gasteiger partial charge in [0.25, 0.3) is 0 Å². The molecular formula is C26H31ClN4O2. The zero-order valence-corrected chi connectivity index (χ0v) is 20.1. The van der Waals surface area contributed by atoms with Crippen molar-refractivity contribution in [2.45, 2.75) is 18.9 Å². The molecule has 2 aromatic carbocycles. The Morgan fingerprint density at radius 1 is 0.970 bits per heavy atom. The number of anilines is 1. The third kappa shape index (κ3) is 4.47. The minimum atomic E-state index is -0.0331. The Bertz CT molecular complexity index is 1140. The van der Waals surface area contributed by atoms with Crippen LogP contribution in [0.5, 0.6) is 11.5 Å². The molecule has 0 unspecified atom stereocenters.